The SMILES string of the molecule is CCOc1ccc(C(=O)c2cc(C)ccc2F)cc1. The van der Waals surface area contributed by atoms with E-state index in [0.29, 0.717) is 17.9 Å². The highest BCUT2D eigenvalue weighted by Crippen LogP contribution is 2.18. The lowest BCUT2D eigenvalue weighted by Gasteiger charge is -2.06. The van der Waals surface area contributed by atoms with Crippen molar-refractivity contribution < 1.29 is 13.9 Å². The predicted molar refractivity (Wildman–Crippen MR) is 72.2 cm³/mol. The summed E-state index contributed by atoms with van der Waals surface area (Å²) in [4.78, 5) is 12.2. The fourth-order valence-corrected chi connectivity index (χ4v) is 1.84. The molecule has 98 valence electrons. The molecule has 2 rings (SSSR count). The zero-order valence-electron chi connectivity index (χ0n) is 10.9. The average Bonchev–Trinajstić information content (AvgIpc) is 2.42. The molecule has 0 aliphatic heterocycles. The summed E-state index contributed by atoms with van der Waals surface area (Å²) in [5.74, 6) is -0.113. The van der Waals surface area contributed by atoms with Gasteiger partial charge in [0.05, 0.1) is 12.2 Å². The van der Waals surface area contributed by atoms with Crippen LogP contribution in [-0.2, 0) is 0 Å². The summed E-state index contributed by atoms with van der Waals surface area (Å²) in [6, 6.07) is 11.2. The number of aryl methyl sites for hydroxylation is 1. The Hall–Kier alpha value is -2.16. The predicted octanol–water partition coefficient (Wildman–Crippen LogP) is 3.76. The molecular weight excluding hydrogens is 243 g/mol. The van der Waals surface area contributed by atoms with Crippen molar-refractivity contribution in [2.24, 2.45) is 0 Å². The molecule has 0 heterocycles. The maximum Gasteiger partial charge on any atom is 0.195 e. The first kappa shape index (κ1) is 13.3. The van der Waals surface area contributed by atoms with E-state index in [2.05, 4.69) is 0 Å². The molecule has 19 heavy (non-hydrogen) atoms. The first-order valence-electron chi connectivity index (χ1n) is 6.15. The van der Waals surface area contributed by atoms with Crippen LogP contribution >= 0.6 is 0 Å². The van der Waals surface area contributed by atoms with E-state index in [1.807, 2.05) is 13.8 Å². The van der Waals surface area contributed by atoms with Crippen molar-refractivity contribution in [1.82, 2.24) is 0 Å². The highest BCUT2D eigenvalue weighted by molar-refractivity contribution is 6.09. The van der Waals surface area contributed by atoms with Crippen LogP contribution in [0.2, 0.25) is 0 Å². The van der Waals surface area contributed by atoms with E-state index in [1.54, 1.807) is 36.4 Å². The third kappa shape index (κ3) is 2.99. The third-order valence-electron chi connectivity index (χ3n) is 2.79. The van der Waals surface area contributed by atoms with Gasteiger partial charge in [0.1, 0.15) is 11.6 Å². The van der Waals surface area contributed by atoms with E-state index in [4.69, 9.17) is 4.74 Å². The molecule has 2 aromatic rings. The van der Waals surface area contributed by atoms with Crippen molar-refractivity contribution in [2.75, 3.05) is 6.61 Å². The van der Waals surface area contributed by atoms with Crippen LogP contribution < -0.4 is 4.74 Å². The Balaban J connectivity index is 2.30. The van der Waals surface area contributed by atoms with Gasteiger partial charge in [-0.15, -0.1) is 0 Å². The lowest BCUT2D eigenvalue weighted by atomic mass is 10.0. The zero-order valence-corrected chi connectivity index (χ0v) is 10.9. The Kier molecular flexibility index (Phi) is 3.95. The largest absolute Gasteiger partial charge is 0.494 e. The van der Waals surface area contributed by atoms with Crippen molar-refractivity contribution in [3.05, 3.63) is 65.0 Å². The van der Waals surface area contributed by atoms with Gasteiger partial charge in [-0.1, -0.05) is 11.6 Å². The lowest BCUT2D eigenvalue weighted by molar-refractivity contribution is 0.103. The normalized spacial score (nSPS) is 10.3. The minimum absolute atomic E-state index is 0.101. The quantitative estimate of drug-likeness (QED) is 0.780. The van der Waals surface area contributed by atoms with Crippen molar-refractivity contribution in [3.8, 4) is 5.75 Å². The zero-order chi connectivity index (χ0) is 13.8. The summed E-state index contributed by atoms with van der Waals surface area (Å²) in [5, 5.41) is 0. The highest BCUT2D eigenvalue weighted by Gasteiger charge is 2.14. The summed E-state index contributed by atoms with van der Waals surface area (Å²) in [6.07, 6.45) is 0. The molecule has 0 atom stereocenters. The van der Waals surface area contributed by atoms with E-state index < -0.39 is 5.82 Å². The molecule has 3 heteroatoms. The fraction of sp³-hybridized carbons (Fsp3) is 0.188. The number of ether oxygens (including phenoxy) is 1. The van der Waals surface area contributed by atoms with Gasteiger partial charge in [0, 0.05) is 5.56 Å². The van der Waals surface area contributed by atoms with Gasteiger partial charge < -0.3 is 4.74 Å². The van der Waals surface area contributed by atoms with Crippen LogP contribution in [0.1, 0.15) is 28.4 Å². The number of ketones is 1. The number of rotatable bonds is 4. The first-order valence-corrected chi connectivity index (χ1v) is 6.15. The summed E-state index contributed by atoms with van der Waals surface area (Å²) in [7, 11) is 0. The van der Waals surface area contributed by atoms with Gasteiger partial charge in [-0.3, -0.25) is 4.79 Å². The number of carbonyl (C=O) groups excluding carboxylic acids is 1. The highest BCUT2D eigenvalue weighted by atomic mass is 19.1. The van der Waals surface area contributed by atoms with Crippen LogP contribution in [0.5, 0.6) is 5.75 Å². The molecule has 0 aliphatic rings. The molecule has 0 bridgehead atoms. The molecule has 0 aromatic heterocycles. The average molecular weight is 258 g/mol. The van der Waals surface area contributed by atoms with Crippen LogP contribution in [0.15, 0.2) is 42.5 Å². The van der Waals surface area contributed by atoms with Crippen molar-refractivity contribution >= 4 is 5.78 Å². The van der Waals surface area contributed by atoms with Crippen LogP contribution in [-0.4, -0.2) is 12.4 Å². The minimum atomic E-state index is -0.496. The fourth-order valence-electron chi connectivity index (χ4n) is 1.84. The van der Waals surface area contributed by atoms with Crippen molar-refractivity contribution in [1.29, 1.82) is 0 Å². The van der Waals surface area contributed by atoms with E-state index in [0.717, 1.165) is 5.56 Å². The topological polar surface area (TPSA) is 26.3 Å². The van der Waals surface area contributed by atoms with Crippen molar-refractivity contribution in [2.45, 2.75) is 13.8 Å². The van der Waals surface area contributed by atoms with E-state index in [9.17, 15) is 9.18 Å². The molecule has 0 unspecified atom stereocenters. The Morgan fingerprint density at radius 2 is 1.84 bits per heavy atom. The molecule has 0 spiro atoms. The van der Waals surface area contributed by atoms with Crippen LogP contribution in [0.25, 0.3) is 0 Å². The molecule has 0 saturated carbocycles. The Morgan fingerprint density at radius 3 is 2.47 bits per heavy atom. The molecular formula is C16H15FO2. The number of hydrogen-bond acceptors (Lipinski definition) is 2. The summed E-state index contributed by atoms with van der Waals surface area (Å²) in [6.45, 7) is 4.29. The summed E-state index contributed by atoms with van der Waals surface area (Å²) < 4.78 is 19.0. The maximum atomic E-state index is 13.7. The molecule has 0 fully saturated rings. The van der Waals surface area contributed by atoms with E-state index >= 15 is 0 Å². The molecule has 0 saturated heterocycles. The first-order chi connectivity index (χ1) is 9.11. The second-order valence-corrected chi connectivity index (χ2v) is 4.27. The molecule has 0 radical (unpaired) electrons. The van der Waals surface area contributed by atoms with Crippen LogP contribution in [0.3, 0.4) is 0 Å². The molecule has 0 amide bonds. The van der Waals surface area contributed by atoms with Gasteiger partial charge in [0.2, 0.25) is 0 Å². The third-order valence-corrected chi connectivity index (χ3v) is 2.79. The lowest BCUT2D eigenvalue weighted by Crippen LogP contribution is -2.04. The van der Waals surface area contributed by atoms with E-state index in [1.165, 1.54) is 6.07 Å². The number of halogens is 1. The van der Waals surface area contributed by atoms with Gasteiger partial charge >= 0.3 is 0 Å². The standard InChI is InChI=1S/C16H15FO2/c1-3-19-13-7-5-12(6-8-13)16(18)14-10-11(2)4-9-15(14)17/h4-10H,3H2,1-2H3. The summed E-state index contributed by atoms with van der Waals surface area (Å²) >= 11 is 0. The maximum absolute atomic E-state index is 13.7. The van der Waals surface area contributed by atoms with E-state index in [-0.39, 0.29) is 11.3 Å². The van der Waals surface area contributed by atoms with Gasteiger partial charge in [0.15, 0.2) is 5.78 Å². The van der Waals surface area contributed by atoms with Gasteiger partial charge in [-0.2, -0.15) is 0 Å². The molecule has 0 aliphatic carbocycles. The monoisotopic (exact) mass is 258 g/mol. The van der Waals surface area contributed by atoms with Gasteiger partial charge in [-0.05, 0) is 50.2 Å². The summed E-state index contributed by atoms with van der Waals surface area (Å²) in [5.41, 5.74) is 1.41. The minimum Gasteiger partial charge on any atom is -0.494 e. The number of hydrogen-bond donors (Lipinski definition) is 0. The molecule has 2 aromatic carbocycles. The van der Waals surface area contributed by atoms with Gasteiger partial charge in [0.25, 0.3) is 0 Å². The van der Waals surface area contributed by atoms with Crippen LogP contribution in [0, 0.1) is 12.7 Å². The Labute approximate surface area is 111 Å². The second kappa shape index (κ2) is 5.65. The number of carbonyl (C=O) groups is 1. The van der Waals surface area contributed by atoms with Gasteiger partial charge in [-0.25, -0.2) is 4.39 Å². The number of benzene rings is 2. The molecule has 0 N–H and O–H groups in total. The Morgan fingerprint density at radius 1 is 1.16 bits per heavy atom. The second-order valence-electron chi connectivity index (χ2n) is 4.27. The Bertz CT molecular complexity index is 588. The molecule has 2 nitrogen and oxygen atoms in total. The smallest absolute Gasteiger partial charge is 0.195 e. The van der Waals surface area contributed by atoms with Crippen LogP contribution in [0.4, 0.5) is 4.39 Å². The van der Waals surface area contributed by atoms with Crippen molar-refractivity contribution in [3.63, 3.8) is 0 Å².